The van der Waals surface area contributed by atoms with Gasteiger partial charge < -0.3 is 33.8 Å². The largest absolute Gasteiger partial charge is 0.472 e. The molecule has 5 unspecified atom stereocenters. The summed E-state index contributed by atoms with van der Waals surface area (Å²) in [6.45, 7) is 4.48. The number of aliphatic hydroxyl groups excluding tert-OH is 1. The maximum atomic E-state index is 13.1. The highest BCUT2D eigenvalue weighted by molar-refractivity contribution is 7.47. The number of hydrogen-bond acceptors (Lipinski definition) is 15. The van der Waals surface area contributed by atoms with Gasteiger partial charge in [0.05, 0.1) is 32.8 Å². The molecule has 0 aromatic heterocycles. The van der Waals surface area contributed by atoms with E-state index in [1.165, 1.54) is 83.5 Å². The van der Waals surface area contributed by atoms with E-state index in [0.717, 1.165) is 161 Å². The van der Waals surface area contributed by atoms with Crippen molar-refractivity contribution >= 4 is 39.5 Å². The standard InChI is InChI=1S/C89H148O17P2/c1-5-9-13-17-21-25-29-33-37-39-41-43-47-49-53-57-61-65-69-73-86(91)99-79-84(105-88(93)75-71-67-63-59-55-51-45-35-31-27-23-19-15-11-7-3)81-103-107(95,96)101-77-83(90)78-102-108(97,98)104-82-85(106-89(94)76-72-68-64-60-56-52-46-36-32-28-24-20-16-12-8-4)80-100-87(92)74-70-66-62-58-54-50-48-44-42-40-38-34-30-26-22-18-14-10-6-2/h9,12-13,16,21-22,24-26,28,33-34,36-38,41-44,46,49,53,56,60,68,72,83-85,90H,5-8,10-11,14-15,17-20,23,27,29-32,35,39-40,45,47-48,50-52,54-55,57-59,61-67,69-71,73-82H2,1-4H3,(H,95,96)(H,97,98)/b13-9-,16-12-,25-21-,26-22-,28-24-,37-33-,38-34-,43-41-,44-42-,46-36-,53-49-,60-56-,72-68-. The van der Waals surface area contributed by atoms with Crippen molar-refractivity contribution in [2.45, 2.75) is 341 Å². The van der Waals surface area contributed by atoms with Crippen molar-refractivity contribution in [2.75, 3.05) is 39.6 Å². The van der Waals surface area contributed by atoms with Gasteiger partial charge in [-0.15, -0.1) is 0 Å². The van der Waals surface area contributed by atoms with Crippen LogP contribution in [0.25, 0.3) is 0 Å². The summed E-state index contributed by atoms with van der Waals surface area (Å²) in [7, 11) is -10.0. The molecule has 0 saturated carbocycles. The third-order valence-electron chi connectivity index (χ3n) is 17.0. The monoisotopic (exact) mass is 1550 g/mol. The zero-order valence-electron chi connectivity index (χ0n) is 67.5. The van der Waals surface area contributed by atoms with Crippen molar-refractivity contribution in [3.8, 4) is 0 Å². The lowest BCUT2D eigenvalue weighted by Gasteiger charge is -2.21. The second kappa shape index (κ2) is 79.8. The first-order valence-corrected chi connectivity index (χ1v) is 44.7. The van der Waals surface area contributed by atoms with Crippen LogP contribution in [0.3, 0.4) is 0 Å². The lowest BCUT2D eigenvalue weighted by atomic mass is 10.0. The SMILES string of the molecule is CC/C=C\C/C=C\C/C=C\C/C=C\C/C=C\CCCCCC(=O)OCC(COP(=O)(O)OCC(O)COP(=O)(O)OCC(COC(=O)CCCCCCCC/C=C\C/C=C\C/C=C\CCCCC)OC(=O)C/C=C\C/C=C\C/C=C\C/C=C\C/C=C\CC)OC(=O)CCCCCCCCCCCCCCCCC. The Bertz CT molecular complexity index is 2660. The van der Waals surface area contributed by atoms with Crippen molar-refractivity contribution < 1.29 is 80.2 Å². The summed E-state index contributed by atoms with van der Waals surface area (Å²) >= 11 is 0. The van der Waals surface area contributed by atoms with Crippen LogP contribution in [0.5, 0.6) is 0 Å². The summed E-state index contributed by atoms with van der Waals surface area (Å²) in [6, 6.07) is 0. The minimum absolute atomic E-state index is 0.0835. The van der Waals surface area contributed by atoms with E-state index in [9.17, 15) is 43.2 Å². The Morgan fingerprint density at radius 3 is 0.852 bits per heavy atom. The van der Waals surface area contributed by atoms with E-state index in [1.54, 1.807) is 12.2 Å². The average Bonchev–Trinajstić information content (AvgIpc) is 0.923. The van der Waals surface area contributed by atoms with Gasteiger partial charge in [0.2, 0.25) is 0 Å². The van der Waals surface area contributed by atoms with Gasteiger partial charge in [0.1, 0.15) is 19.3 Å². The highest BCUT2D eigenvalue weighted by Gasteiger charge is 2.30. The summed E-state index contributed by atoms with van der Waals surface area (Å²) in [6.07, 6.45) is 93.9. The molecule has 3 N–H and O–H groups in total. The topological polar surface area (TPSA) is 237 Å². The minimum atomic E-state index is -5.01. The number of allylic oxidation sites excluding steroid dienone is 25. The smallest absolute Gasteiger partial charge is 0.462 e. The van der Waals surface area contributed by atoms with Crippen LogP contribution in [-0.2, 0) is 65.4 Å². The zero-order chi connectivity index (χ0) is 78.9. The molecule has 0 aliphatic carbocycles. The van der Waals surface area contributed by atoms with E-state index >= 15 is 0 Å². The number of hydrogen-bond donors (Lipinski definition) is 3. The first kappa shape index (κ1) is 103. The fourth-order valence-corrected chi connectivity index (χ4v) is 12.3. The summed E-state index contributed by atoms with van der Waals surface area (Å²) in [5.41, 5.74) is 0. The fourth-order valence-electron chi connectivity index (χ4n) is 10.7. The van der Waals surface area contributed by atoms with Crippen molar-refractivity contribution in [3.05, 3.63) is 158 Å². The predicted molar refractivity (Wildman–Crippen MR) is 445 cm³/mol. The molecule has 19 heteroatoms. The molecular weight excluding hydrogens is 1400 g/mol. The first-order valence-electron chi connectivity index (χ1n) is 41.7. The van der Waals surface area contributed by atoms with Gasteiger partial charge in [-0.25, -0.2) is 9.13 Å². The van der Waals surface area contributed by atoms with E-state index in [2.05, 4.69) is 161 Å². The van der Waals surface area contributed by atoms with Gasteiger partial charge in [0.15, 0.2) is 12.2 Å². The molecule has 0 aromatic rings. The van der Waals surface area contributed by atoms with Gasteiger partial charge in [-0.1, -0.05) is 321 Å². The molecule has 616 valence electrons. The van der Waals surface area contributed by atoms with Crippen molar-refractivity contribution in [2.24, 2.45) is 0 Å². The number of esters is 4. The number of carbonyl (C=O) groups excluding carboxylic acids is 4. The third-order valence-corrected chi connectivity index (χ3v) is 18.9. The molecule has 0 spiro atoms. The quantitative estimate of drug-likeness (QED) is 0.0169. The number of aliphatic hydroxyl groups is 1. The highest BCUT2D eigenvalue weighted by atomic mass is 31.2. The Labute approximate surface area is 655 Å². The molecule has 0 amide bonds. The number of carbonyl (C=O) groups is 4. The number of ether oxygens (including phenoxy) is 4. The number of unbranched alkanes of at least 4 members (excludes halogenated alkanes) is 26. The summed E-state index contributed by atoms with van der Waals surface area (Å²) < 4.78 is 68.6. The van der Waals surface area contributed by atoms with Crippen molar-refractivity contribution in [1.29, 1.82) is 0 Å². The lowest BCUT2D eigenvalue weighted by Crippen LogP contribution is -2.30. The third kappa shape index (κ3) is 78.8. The summed E-state index contributed by atoms with van der Waals surface area (Å²) in [5.74, 6) is -2.37. The average molecular weight is 1550 g/mol. The molecule has 0 aliphatic rings. The van der Waals surface area contributed by atoms with Gasteiger partial charge in [-0.05, 0) is 135 Å². The lowest BCUT2D eigenvalue weighted by molar-refractivity contribution is -0.161. The van der Waals surface area contributed by atoms with Gasteiger partial charge >= 0.3 is 39.5 Å². The van der Waals surface area contributed by atoms with Crippen LogP contribution in [0.4, 0.5) is 0 Å². The van der Waals surface area contributed by atoms with Crippen LogP contribution in [0.1, 0.15) is 323 Å². The van der Waals surface area contributed by atoms with Gasteiger partial charge in [-0.2, -0.15) is 0 Å². The van der Waals surface area contributed by atoms with Crippen LogP contribution in [-0.4, -0.2) is 96.7 Å². The molecule has 0 bridgehead atoms. The molecule has 0 aromatic carbocycles. The van der Waals surface area contributed by atoms with Crippen LogP contribution in [0.2, 0.25) is 0 Å². The summed E-state index contributed by atoms with van der Waals surface area (Å²) in [5, 5.41) is 10.7. The Kier molecular flexibility index (Phi) is 75.8. The van der Waals surface area contributed by atoms with Crippen molar-refractivity contribution in [1.82, 2.24) is 0 Å². The van der Waals surface area contributed by atoms with Crippen LogP contribution < -0.4 is 0 Å². The molecule has 0 saturated heterocycles. The number of phosphoric ester groups is 2. The molecule has 0 fully saturated rings. The second-order valence-electron chi connectivity index (χ2n) is 27.3. The van der Waals surface area contributed by atoms with E-state index in [1.807, 2.05) is 12.2 Å². The molecule has 17 nitrogen and oxygen atoms in total. The molecule has 5 atom stereocenters. The zero-order valence-corrected chi connectivity index (χ0v) is 69.3. The molecule has 108 heavy (non-hydrogen) atoms. The molecule has 0 heterocycles. The first-order chi connectivity index (χ1) is 52.7. The van der Waals surface area contributed by atoms with Gasteiger partial charge in [0, 0.05) is 19.3 Å². The van der Waals surface area contributed by atoms with E-state index in [0.29, 0.717) is 25.7 Å². The van der Waals surface area contributed by atoms with Crippen LogP contribution >= 0.6 is 15.6 Å². The number of rotatable bonds is 77. The highest BCUT2D eigenvalue weighted by Crippen LogP contribution is 2.45. The van der Waals surface area contributed by atoms with E-state index in [4.69, 9.17) is 37.0 Å². The normalized spacial score (nSPS) is 14.6. The van der Waals surface area contributed by atoms with Crippen LogP contribution in [0, 0.1) is 0 Å². The molecule has 0 radical (unpaired) electrons. The molecule has 0 rings (SSSR count). The van der Waals surface area contributed by atoms with E-state index in [-0.39, 0.29) is 25.7 Å². The number of phosphoric acid groups is 2. The second-order valence-corrected chi connectivity index (χ2v) is 30.2. The maximum Gasteiger partial charge on any atom is 0.472 e. The maximum absolute atomic E-state index is 13.1. The minimum Gasteiger partial charge on any atom is -0.462 e. The Morgan fingerprint density at radius 1 is 0.278 bits per heavy atom. The fraction of sp³-hybridized carbons (Fsp3) is 0.663. The Balaban J connectivity index is 5.46. The van der Waals surface area contributed by atoms with Crippen molar-refractivity contribution in [3.63, 3.8) is 0 Å². The Morgan fingerprint density at radius 2 is 0.519 bits per heavy atom. The van der Waals surface area contributed by atoms with Crippen LogP contribution in [0.15, 0.2) is 158 Å². The van der Waals surface area contributed by atoms with E-state index < -0.39 is 97.5 Å². The molecule has 0 aliphatic heterocycles. The Hall–Kier alpha value is -5.32. The summed E-state index contributed by atoms with van der Waals surface area (Å²) in [4.78, 5) is 73.1. The van der Waals surface area contributed by atoms with Gasteiger partial charge in [-0.3, -0.25) is 37.3 Å². The predicted octanol–water partition coefficient (Wildman–Crippen LogP) is 24.8. The molecular formula is C89H148O17P2. The van der Waals surface area contributed by atoms with Gasteiger partial charge in [0.25, 0.3) is 0 Å².